The second-order valence-electron chi connectivity index (χ2n) is 22.3. The molecule has 6 nitrogen and oxygen atoms in total. The number of rotatable bonds is 0. The first-order valence-electron chi connectivity index (χ1n) is 43.8. The predicted molar refractivity (Wildman–Crippen MR) is 531 cm³/mol. The normalized spacial score (nSPS) is 9.48. The molecule has 2 aliphatic rings. The molecular weight excluding hydrogens is 1430 g/mol. The molecule has 14 aromatic rings. The lowest BCUT2D eigenvalue weighted by molar-refractivity contribution is 0.0816. The van der Waals surface area contributed by atoms with Crippen LogP contribution in [0.3, 0.4) is 0 Å². The number of hydrogen-bond donors (Lipinski definition) is 0. The van der Waals surface area contributed by atoms with Crippen LogP contribution in [0.4, 0.5) is 0 Å². The molecule has 1 amide bonds. The number of furan rings is 2. The van der Waals surface area contributed by atoms with Crippen LogP contribution in [0.1, 0.15) is 286 Å². The van der Waals surface area contributed by atoms with Crippen molar-refractivity contribution in [1.29, 1.82) is 0 Å². The molecule has 0 unspecified atom stereocenters. The van der Waals surface area contributed by atoms with E-state index in [0.717, 1.165) is 28.8 Å². The van der Waals surface area contributed by atoms with E-state index in [9.17, 15) is 4.79 Å². The highest BCUT2D eigenvalue weighted by atomic mass is 32.1. The fourth-order valence-corrected chi connectivity index (χ4v) is 12.0. The Kier molecular flexibility index (Phi) is 81.3. The lowest BCUT2D eigenvalue weighted by atomic mass is 10.1. The van der Waals surface area contributed by atoms with Crippen LogP contribution in [0.5, 0.6) is 0 Å². The van der Waals surface area contributed by atoms with Gasteiger partial charge in [0.15, 0.2) is 0 Å². The molecule has 0 atom stereocenters. The number of carbonyl (C=O) groups is 1. The van der Waals surface area contributed by atoms with E-state index in [4.69, 9.17) is 8.83 Å². The van der Waals surface area contributed by atoms with Gasteiger partial charge in [0.05, 0.1) is 12.5 Å². The van der Waals surface area contributed by atoms with Crippen LogP contribution in [-0.2, 0) is 33.5 Å². The Balaban J connectivity index is -0.000000219. The molecule has 0 spiro atoms. The van der Waals surface area contributed by atoms with Crippen LogP contribution in [-0.4, -0.2) is 27.0 Å². The van der Waals surface area contributed by atoms with Gasteiger partial charge in [-0.1, -0.05) is 327 Å². The molecule has 1 aliphatic heterocycles. The van der Waals surface area contributed by atoms with Gasteiger partial charge in [-0.25, -0.2) is 0 Å². The largest absolute Gasteiger partial charge is 0.464 e. The molecule has 8 heteroatoms. The van der Waals surface area contributed by atoms with Gasteiger partial charge in [0.25, 0.3) is 5.91 Å². The van der Waals surface area contributed by atoms with Crippen molar-refractivity contribution >= 4 is 92.5 Å². The van der Waals surface area contributed by atoms with Crippen molar-refractivity contribution in [1.82, 2.24) is 14.0 Å². The van der Waals surface area contributed by atoms with Gasteiger partial charge < -0.3 is 22.9 Å². The number of fused-ring (bicyclic) bond motifs is 8. The molecule has 0 N–H and O–H groups in total. The monoisotopic (exact) mass is 1590 g/mol. The Bertz CT molecular complexity index is 4180. The summed E-state index contributed by atoms with van der Waals surface area (Å²) in [5.41, 5.74) is 20.2. The van der Waals surface area contributed by atoms with Crippen molar-refractivity contribution in [2.75, 3.05) is 7.05 Å². The first kappa shape index (κ1) is 119. The van der Waals surface area contributed by atoms with Crippen molar-refractivity contribution in [2.45, 2.75) is 289 Å². The fraction of sp³-hybridized carbons (Fsp3) is 0.425. The highest BCUT2D eigenvalue weighted by Gasteiger charge is 2.23. The summed E-state index contributed by atoms with van der Waals surface area (Å²) < 4.78 is 17.4. The minimum absolute atomic E-state index is 0.144. The van der Waals surface area contributed by atoms with Crippen LogP contribution in [0.15, 0.2) is 227 Å². The van der Waals surface area contributed by atoms with Gasteiger partial charge in [-0.15, -0.1) is 22.7 Å². The average Bonchev–Trinajstić information content (AvgIpc) is 1.66. The van der Waals surface area contributed by atoms with E-state index in [-0.39, 0.29) is 5.91 Å². The van der Waals surface area contributed by atoms with Crippen molar-refractivity contribution in [3.63, 3.8) is 0 Å². The quantitative estimate of drug-likeness (QED) is 0.152. The molecule has 0 saturated heterocycles. The Hall–Kier alpha value is -8.69. The molecule has 636 valence electrons. The third kappa shape index (κ3) is 44.8. The lowest BCUT2D eigenvalue weighted by Gasteiger charge is -2.04. The predicted octanol–water partition coefficient (Wildman–Crippen LogP) is 36.3. The van der Waals surface area contributed by atoms with Crippen molar-refractivity contribution in [3.05, 3.63) is 284 Å². The van der Waals surface area contributed by atoms with Gasteiger partial charge in [-0.05, 0) is 231 Å². The van der Waals surface area contributed by atoms with E-state index in [1.54, 1.807) is 51.2 Å². The molecule has 7 heterocycles. The number of amides is 1. The molecule has 16 rings (SSSR count). The summed E-state index contributed by atoms with van der Waals surface area (Å²) in [6.07, 6.45) is 11.6. The summed E-state index contributed by atoms with van der Waals surface area (Å²) in [7, 11) is 5.97. The molecule has 0 radical (unpaired) electrons. The SMILES string of the molecule is CC.CC.CC.CC.CC.CC.CC.CC.CC.CC.CC.CC.CC.CC.CC.Cc1ccc2c(c1)CCC2.Cc1ccc2c(c1)CN(C)C2=O.Cc1ccc2c(ccn2C)c1.Cc1ccc2ccn(C)c2c1.Cc1ccc2ccoc2c1.Cc1ccc2ccsc2c1.Cc1ccc2occc2c1.Cc1ccc2sccc2c1. The highest BCUT2D eigenvalue weighted by Crippen LogP contribution is 2.26. The molecule has 8 aromatic carbocycles. The van der Waals surface area contributed by atoms with Crippen LogP contribution >= 0.6 is 22.7 Å². The van der Waals surface area contributed by atoms with E-state index >= 15 is 0 Å². The van der Waals surface area contributed by atoms with Crippen molar-refractivity contribution in [3.8, 4) is 0 Å². The number of thiophene rings is 2. The van der Waals surface area contributed by atoms with Crippen LogP contribution in [0.2, 0.25) is 0 Å². The Morgan fingerprint density at radius 2 is 0.658 bits per heavy atom. The highest BCUT2D eigenvalue weighted by molar-refractivity contribution is 7.17. The number of aromatic nitrogens is 2. The first-order chi connectivity index (χ1) is 55.5. The van der Waals surface area contributed by atoms with E-state index in [1.807, 2.05) is 264 Å². The number of nitrogens with zero attached hydrogens (tertiary/aromatic N) is 3. The van der Waals surface area contributed by atoms with Crippen LogP contribution in [0.25, 0.3) is 63.9 Å². The summed E-state index contributed by atoms with van der Waals surface area (Å²) in [4.78, 5) is 13.2. The molecule has 114 heavy (non-hydrogen) atoms. The fourth-order valence-electron chi connectivity index (χ4n) is 10.4. The third-order valence-corrected chi connectivity index (χ3v) is 16.8. The molecule has 6 aromatic heterocycles. The van der Waals surface area contributed by atoms with E-state index < -0.39 is 0 Å². The second kappa shape index (κ2) is 78.2. The van der Waals surface area contributed by atoms with Crippen molar-refractivity contribution < 1.29 is 13.6 Å². The van der Waals surface area contributed by atoms with E-state index in [1.165, 1.54) is 117 Å². The number of benzene rings is 8. The maximum Gasteiger partial charge on any atom is 0.254 e. The topological polar surface area (TPSA) is 56.5 Å². The van der Waals surface area contributed by atoms with E-state index in [0.29, 0.717) is 0 Å². The molecule has 0 saturated carbocycles. The summed E-state index contributed by atoms with van der Waals surface area (Å²) in [6.45, 7) is 77.6. The zero-order chi connectivity index (χ0) is 89.3. The standard InChI is InChI=1S/C10H11NO.2C10H11N.C10H12.2C9H8O.2C9H8S.15C2H6/c1-7-3-4-9-8(5-7)6-11(2)10(9)12;1-8-3-4-10-9(7-8)5-6-11(10)2;1-8-3-4-9-5-6-11(2)10(9)7-8;1-8-5-6-9-3-2-4-10(9)7-8;1-7-2-3-9-8(6-7)4-5-10-9;1-7-2-3-8-4-5-10-9(8)6-7;1-7-2-3-9-8(6-7)4-5-10-9;1-7-2-3-8-4-5-10-9(8)6-7;15*1-2/h3-5H,6H2,1-2H3;2*3-7H,1-2H3;5-7H,2-4H2,1H3;4*2-6H,1H3;15*1-2H3. The Morgan fingerprint density at radius 3 is 1.22 bits per heavy atom. The van der Waals surface area contributed by atoms with Gasteiger partial charge in [0.2, 0.25) is 0 Å². The van der Waals surface area contributed by atoms with Crippen LogP contribution in [0, 0.1) is 55.4 Å². The summed E-state index contributed by atoms with van der Waals surface area (Å²) in [6, 6.07) is 63.7. The molecule has 1 aliphatic carbocycles. The third-order valence-electron chi connectivity index (χ3n) is 15.0. The van der Waals surface area contributed by atoms with Gasteiger partial charge in [-0.3, -0.25) is 4.79 Å². The number of hydrogen-bond acceptors (Lipinski definition) is 5. The lowest BCUT2D eigenvalue weighted by Crippen LogP contribution is -2.17. The average molecular weight is 1600 g/mol. The molecular formula is C106H167N3O3S2. The molecule has 0 bridgehead atoms. The number of aryl methyl sites for hydroxylation is 12. The Morgan fingerprint density at radius 1 is 0.281 bits per heavy atom. The maximum absolute atomic E-state index is 11.4. The van der Waals surface area contributed by atoms with Crippen LogP contribution < -0.4 is 0 Å². The minimum atomic E-state index is 0.144. The summed E-state index contributed by atoms with van der Waals surface area (Å²) >= 11 is 3.60. The maximum atomic E-state index is 11.4. The van der Waals surface area contributed by atoms with Gasteiger partial charge in [-0.2, -0.15) is 0 Å². The number of carbonyl (C=O) groups excluding carboxylic acids is 1. The van der Waals surface area contributed by atoms with Gasteiger partial charge >= 0.3 is 0 Å². The minimum Gasteiger partial charge on any atom is -0.464 e. The van der Waals surface area contributed by atoms with Gasteiger partial charge in [0, 0.05) is 76.9 Å². The summed E-state index contributed by atoms with van der Waals surface area (Å²) in [5.74, 6) is 0.144. The Labute approximate surface area is 709 Å². The first-order valence-corrected chi connectivity index (χ1v) is 45.5. The zero-order valence-electron chi connectivity index (χ0n) is 80.5. The van der Waals surface area contributed by atoms with E-state index in [2.05, 4.69) is 234 Å². The smallest absolute Gasteiger partial charge is 0.254 e. The summed E-state index contributed by atoms with van der Waals surface area (Å²) in [5, 5.41) is 12.0. The van der Waals surface area contributed by atoms with Gasteiger partial charge in [0.1, 0.15) is 11.2 Å². The zero-order valence-corrected chi connectivity index (χ0v) is 82.1. The van der Waals surface area contributed by atoms with Crippen molar-refractivity contribution in [2.24, 2.45) is 14.1 Å². The second-order valence-corrected chi connectivity index (χ2v) is 24.2. The molecule has 0 fully saturated rings.